The second-order valence-electron chi connectivity index (χ2n) is 1.78. The number of hydrogen-bond acceptors (Lipinski definition) is 2. The molecule has 0 aliphatic heterocycles. The molecule has 0 rings (SSSR count). The summed E-state index contributed by atoms with van der Waals surface area (Å²) < 4.78 is 11.5. The van der Waals surface area contributed by atoms with Crippen molar-refractivity contribution in [3.8, 4) is 0 Å². The van der Waals surface area contributed by atoms with Gasteiger partial charge in [0.25, 0.3) is 0 Å². The number of aliphatic imine (C=N–C) groups is 1. The van der Waals surface area contributed by atoms with Gasteiger partial charge >= 0.3 is 0 Å². The van der Waals surface area contributed by atoms with E-state index in [1.165, 1.54) is 0 Å². The molecule has 0 bridgehead atoms. The second-order valence-corrected chi connectivity index (χ2v) is 1.78. The van der Waals surface area contributed by atoms with Gasteiger partial charge in [0, 0.05) is 6.54 Å². The van der Waals surface area contributed by atoms with Crippen molar-refractivity contribution in [3.05, 3.63) is 0 Å². The average molecular weight is 162 g/mol. The number of guanidine groups is 1. The van der Waals surface area contributed by atoms with Crippen molar-refractivity contribution < 1.29 is 9.18 Å². The van der Waals surface area contributed by atoms with Crippen molar-refractivity contribution >= 4 is 11.9 Å². The number of nitrogens with one attached hydrogen (secondary N) is 1. The lowest BCUT2D eigenvalue weighted by Crippen LogP contribution is -2.30. The van der Waals surface area contributed by atoms with Crippen molar-refractivity contribution in [1.29, 1.82) is 0 Å². The van der Waals surface area contributed by atoms with Gasteiger partial charge in [0.15, 0.2) is 5.96 Å². The lowest BCUT2D eigenvalue weighted by molar-refractivity contribution is -0.119. The third-order valence-electron chi connectivity index (χ3n) is 0.822. The van der Waals surface area contributed by atoms with E-state index in [2.05, 4.69) is 10.3 Å². The molecule has 0 aliphatic rings. The number of nitrogens with zero attached hydrogens (tertiary/aromatic N) is 1. The number of carbonyl (C=O) groups excluding carboxylic acids is 1. The first-order valence-electron chi connectivity index (χ1n) is 3.05. The highest BCUT2D eigenvalue weighted by Gasteiger charge is 1.96. The molecule has 0 aliphatic carbocycles. The summed E-state index contributed by atoms with van der Waals surface area (Å²) in [5, 5.41) is 2.26. The monoisotopic (exact) mass is 162 g/mol. The normalized spacial score (nSPS) is 8.82. The smallest absolute Gasteiger partial charge is 0.241 e. The molecule has 0 heterocycles. The number of halogens is 1. The molecule has 0 saturated heterocycles. The standard InChI is InChI=1S/C5H11FN4O/c6-1-2-9-4(11)3-10-5(7)8/h1-3H2,(H,9,11)(H4,7,8,10). The van der Waals surface area contributed by atoms with Crippen molar-refractivity contribution in [3.63, 3.8) is 0 Å². The van der Waals surface area contributed by atoms with Gasteiger partial charge in [-0.05, 0) is 0 Å². The maximum absolute atomic E-state index is 11.5. The van der Waals surface area contributed by atoms with Gasteiger partial charge < -0.3 is 16.8 Å². The third-order valence-corrected chi connectivity index (χ3v) is 0.822. The molecule has 11 heavy (non-hydrogen) atoms. The molecule has 0 fully saturated rings. The number of nitrogens with two attached hydrogens (primary N) is 2. The lowest BCUT2D eigenvalue weighted by atomic mass is 10.5. The fraction of sp³-hybridized carbons (Fsp3) is 0.600. The molecule has 0 unspecified atom stereocenters. The first-order chi connectivity index (χ1) is 5.16. The Labute approximate surface area is 63.7 Å². The van der Waals surface area contributed by atoms with Gasteiger partial charge in [0.05, 0.1) is 0 Å². The number of alkyl halides is 1. The lowest BCUT2D eigenvalue weighted by Gasteiger charge is -1.98. The van der Waals surface area contributed by atoms with Crippen LogP contribution in [0.1, 0.15) is 0 Å². The summed E-state index contributed by atoms with van der Waals surface area (Å²) in [6.07, 6.45) is 0. The Morgan fingerprint density at radius 3 is 2.64 bits per heavy atom. The van der Waals surface area contributed by atoms with Crippen LogP contribution in [0.5, 0.6) is 0 Å². The zero-order chi connectivity index (χ0) is 8.69. The van der Waals surface area contributed by atoms with Crippen LogP contribution < -0.4 is 16.8 Å². The minimum atomic E-state index is -0.590. The zero-order valence-electron chi connectivity index (χ0n) is 6.01. The van der Waals surface area contributed by atoms with Crippen molar-refractivity contribution in [2.75, 3.05) is 19.8 Å². The molecule has 1 amide bonds. The van der Waals surface area contributed by atoms with Crippen LogP contribution >= 0.6 is 0 Å². The van der Waals surface area contributed by atoms with E-state index in [1.54, 1.807) is 0 Å². The Kier molecular flexibility index (Phi) is 4.80. The summed E-state index contributed by atoms with van der Waals surface area (Å²) in [6.45, 7) is -0.741. The Morgan fingerprint density at radius 2 is 2.18 bits per heavy atom. The molecule has 0 spiro atoms. The SMILES string of the molecule is NC(N)=NCC(=O)NCCF. The quantitative estimate of drug-likeness (QED) is 0.341. The maximum Gasteiger partial charge on any atom is 0.241 e. The summed E-state index contributed by atoms with van der Waals surface area (Å²) in [5.41, 5.74) is 9.89. The second kappa shape index (κ2) is 5.45. The molecule has 0 saturated carbocycles. The predicted octanol–water partition coefficient (Wildman–Crippen LogP) is -1.65. The van der Waals surface area contributed by atoms with Gasteiger partial charge in [0.1, 0.15) is 13.2 Å². The van der Waals surface area contributed by atoms with E-state index in [0.29, 0.717) is 0 Å². The average Bonchev–Trinajstić information content (AvgIpc) is 1.97. The molecule has 0 aromatic carbocycles. The van der Waals surface area contributed by atoms with E-state index in [0.717, 1.165) is 0 Å². The molecule has 0 atom stereocenters. The van der Waals surface area contributed by atoms with Crippen molar-refractivity contribution in [1.82, 2.24) is 5.32 Å². The molecule has 0 aromatic rings. The van der Waals surface area contributed by atoms with Gasteiger partial charge in [0.2, 0.25) is 5.91 Å². The van der Waals surface area contributed by atoms with Crippen LogP contribution in [-0.4, -0.2) is 31.6 Å². The highest BCUT2D eigenvalue weighted by Crippen LogP contribution is 1.70. The van der Waals surface area contributed by atoms with Gasteiger partial charge in [-0.1, -0.05) is 0 Å². The van der Waals surface area contributed by atoms with Gasteiger partial charge in [-0.3, -0.25) is 4.79 Å². The highest BCUT2D eigenvalue weighted by atomic mass is 19.1. The summed E-state index contributed by atoms with van der Waals surface area (Å²) >= 11 is 0. The van der Waals surface area contributed by atoms with Crippen LogP contribution in [0.3, 0.4) is 0 Å². The van der Waals surface area contributed by atoms with Crippen LogP contribution in [0.2, 0.25) is 0 Å². The third kappa shape index (κ3) is 6.56. The van der Waals surface area contributed by atoms with Gasteiger partial charge in [-0.15, -0.1) is 0 Å². The van der Waals surface area contributed by atoms with Crippen LogP contribution in [-0.2, 0) is 4.79 Å². The van der Waals surface area contributed by atoms with E-state index in [9.17, 15) is 9.18 Å². The fourth-order valence-electron chi connectivity index (χ4n) is 0.406. The highest BCUT2D eigenvalue weighted by molar-refractivity contribution is 5.82. The first kappa shape index (κ1) is 9.67. The Bertz CT molecular complexity index is 155. The molecular formula is C5H11FN4O. The predicted molar refractivity (Wildman–Crippen MR) is 39.7 cm³/mol. The number of rotatable bonds is 4. The van der Waals surface area contributed by atoms with E-state index in [1.807, 2.05) is 0 Å². The van der Waals surface area contributed by atoms with Crippen LogP contribution in [0.15, 0.2) is 4.99 Å². The first-order valence-corrected chi connectivity index (χ1v) is 3.05. The summed E-state index contributed by atoms with van der Waals surface area (Å²) in [4.78, 5) is 14.0. The van der Waals surface area contributed by atoms with Gasteiger partial charge in [-0.25, -0.2) is 9.38 Å². The molecule has 5 nitrogen and oxygen atoms in total. The molecule has 5 N–H and O–H groups in total. The molecule has 0 radical (unpaired) electrons. The minimum Gasteiger partial charge on any atom is -0.370 e. The number of carbonyl (C=O) groups is 1. The maximum atomic E-state index is 11.5. The minimum absolute atomic E-state index is 0.00116. The molecule has 6 heteroatoms. The molecular weight excluding hydrogens is 151 g/mol. The summed E-state index contributed by atoms with van der Waals surface area (Å²) in [6, 6.07) is 0. The van der Waals surface area contributed by atoms with E-state index >= 15 is 0 Å². The Morgan fingerprint density at radius 1 is 1.55 bits per heavy atom. The Balaban J connectivity index is 3.45. The number of amides is 1. The molecule has 0 aromatic heterocycles. The largest absolute Gasteiger partial charge is 0.370 e. The number of hydrogen-bond donors (Lipinski definition) is 3. The topological polar surface area (TPSA) is 93.5 Å². The Hall–Kier alpha value is -1.33. The zero-order valence-corrected chi connectivity index (χ0v) is 6.01. The summed E-state index contributed by atoms with van der Waals surface area (Å²) in [5.74, 6) is -0.545. The van der Waals surface area contributed by atoms with E-state index < -0.39 is 12.6 Å². The van der Waals surface area contributed by atoms with Crippen LogP contribution in [0.4, 0.5) is 4.39 Å². The fourth-order valence-corrected chi connectivity index (χ4v) is 0.406. The van der Waals surface area contributed by atoms with E-state index in [-0.39, 0.29) is 19.0 Å². The van der Waals surface area contributed by atoms with Crippen LogP contribution in [0.25, 0.3) is 0 Å². The van der Waals surface area contributed by atoms with Gasteiger partial charge in [-0.2, -0.15) is 0 Å². The summed E-state index contributed by atoms with van der Waals surface area (Å²) in [7, 11) is 0. The van der Waals surface area contributed by atoms with Crippen molar-refractivity contribution in [2.45, 2.75) is 0 Å². The van der Waals surface area contributed by atoms with Crippen LogP contribution in [0, 0.1) is 0 Å². The van der Waals surface area contributed by atoms with E-state index in [4.69, 9.17) is 11.5 Å². The molecule has 64 valence electrons. The van der Waals surface area contributed by atoms with Crippen molar-refractivity contribution in [2.24, 2.45) is 16.5 Å².